The molecular formula is C93H175O25P. The van der Waals surface area contributed by atoms with E-state index in [2.05, 4.69) is 27.7 Å². The first-order valence-electron chi connectivity index (χ1n) is 48.8. The lowest BCUT2D eigenvalue weighted by Crippen LogP contribution is -2.70. The Balaban J connectivity index is 1.89. The van der Waals surface area contributed by atoms with E-state index in [0.29, 0.717) is 32.1 Å². The van der Waals surface area contributed by atoms with Crippen molar-refractivity contribution in [2.75, 3.05) is 26.4 Å². The molecule has 2 heterocycles. The zero-order valence-corrected chi connectivity index (χ0v) is 75.8. The van der Waals surface area contributed by atoms with Gasteiger partial charge in [-0.25, -0.2) is 4.57 Å². The predicted octanol–water partition coefficient (Wildman–Crippen LogP) is 18.6. The van der Waals surface area contributed by atoms with Crippen molar-refractivity contribution < 1.29 is 122 Å². The fourth-order valence-corrected chi connectivity index (χ4v) is 17.3. The highest BCUT2D eigenvalue weighted by Crippen LogP contribution is 2.49. The van der Waals surface area contributed by atoms with Gasteiger partial charge in [0.05, 0.1) is 13.2 Å². The Morgan fingerprint density at radius 1 is 0.303 bits per heavy atom. The maximum absolute atomic E-state index is 14.9. The second kappa shape index (κ2) is 72.5. The number of carbonyl (C=O) groups excluding carboxylic acids is 4. The Morgan fingerprint density at radius 2 is 0.580 bits per heavy atom. The van der Waals surface area contributed by atoms with E-state index in [0.717, 1.165) is 128 Å². The highest BCUT2D eigenvalue weighted by atomic mass is 31.2. The van der Waals surface area contributed by atoms with Crippen LogP contribution in [0, 0.1) is 0 Å². The lowest BCUT2D eigenvalue weighted by Gasteiger charge is -2.50. The lowest BCUT2D eigenvalue weighted by molar-refractivity contribution is -0.360. The molecule has 702 valence electrons. The summed E-state index contributed by atoms with van der Waals surface area (Å²) in [7, 11) is -5.80. The number of hydrogen-bond donors (Lipinski definition) is 10. The minimum Gasteiger partial charge on any atom is -0.463 e. The van der Waals surface area contributed by atoms with Gasteiger partial charge in [-0.15, -0.1) is 0 Å². The summed E-state index contributed by atoms with van der Waals surface area (Å²) in [5.41, 5.74) is 0. The van der Waals surface area contributed by atoms with Crippen molar-refractivity contribution in [1.82, 2.24) is 0 Å². The molecule has 18 atom stereocenters. The summed E-state index contributed by atoms with van der Waals surface area (Å²) < 4.78 is 73.5. The first-order chi connectivity index (χ1) is 57.7. The van der Waals surface area contributed by atoms with E-state index in [1.54, 1.807) is 0 Å². The van der Waals surface area contributed by atoms with Crippen LogP contribution in [0.3, 0.4) is 0 Å². The summed E-state index contributed by atoms with van der Waals surface area (Å²) in [5, 5.41) is 102. The van der Waals surface area contributed by atoms with Gasteiger partial charge in [0.25, 0.3) is 0 Å². The monoisotopic (exact) mass is 1720 g/mol. The Morgan fingerprint density at radius 3 is 0.916 bits per heavy atom. The van der Waals surface area contributed by atoms with Crippen LogP contribution in [0.4, 0.5) is 0 Å². The first-order valence-corrected chi connectivity index (χ1v) is 50.3. The molecule has 3 rings (SSSR count). The maximum Gasteiger partial charge on any atom is 0.472 e. The summed E-state index contributed by atoms with van der Waals surface area (Å²) in [5.74, 6) is -2.94. The Hall–Kier alpha value is -2.53. The van der Waals surface area contributed by atoms with Gasteiger partial charge in [-0.05, 0) is 25.7 Å². The van der Waals surface area contributed by atoms with E-state index in [-0.39, 0.29) is 25.7 Å². The van der Waals surface area contributed by atoms with E-state index >= 15 is 0 Å². The molecule has 0 spiro atoms. The Bertz CT molecular complexity index is 2470. The summed E-state index contributed by atoms with van der Waals surface area (Å²) >= 11 is 0. The van der Waals surface area contributed by atoms with Crippen molar-refractivity contribution >= 4 is 31.7 Å². The van der Waals surface area contributed by atoms with Crippen molar-refractivity contribution in [3.05, 3.63) is 0 Å². The van der Waals surface area contributed by atoms with E-state index < -0.39 is 162 Å². The fraction of sp³-hybridized carbons (Fsp3) is 0.957. The van der Waals surface area contributed by atoms with Gasteiger partial charge in [0, 0.05) is 25.7 Å². The number of aliphatic hydroxyl groups excluding tert-OH is 9. The van der Waals surface area contributed by atoms with E-state index in [1.165, 1.54) is 225 Å². The minimum absolute atomic E-state index is 0.0205. The van der Waals surface area contributed by atoms with Crippen molar-refractivity contribution in [2.24, 2.45) is 0 Å². The third-order valence-corrected chi connectivity index (χ3v) is 25.1. The third-order valence-electron chi connectivity index (χ3n) is 24.1. The van der Waals surface area contributed by atoms with Crippen LogP contribution in [-0.4, -0.2) is 205 Å². The number of esters is 4. The Kier molecular flexibility index (Phi) is 67.4. The topological polar surface area (TPSA) is 380 Å². The first kappa shape index (κ1) is 111. The van der Waals surface area contributed by atoms with Crippen LogP contribution in [0.25, 0.3) is 0 Å². The number of carbonyl (C=O) groups is 4. The Labute approximate surface area is 719 Å². The molecule has 0 amide bonds. The maximum atomic E-state index is 14.9. The highest BCUT2D eigenvalue weighted by molar-refractivity contribution is 7.47. The van der Waals surface area contributed by atoms with Crippen LogP contribution in [0.1, 0.15) is 439 Å². The van der Waals surface area contributed by atoms with E-state index in [4.69, 9.17) is 46.9 Å². The van der Waals surface area contributed by atoms with Gasteiger partial charge in [0.15, 0.2) is 24.8 Å². The SMILES string of the molecule is CCCCCCCCCCCCCCCCCCC(=O)OCC(COP(=O)(O)OC1C(OC2OC(CO)C(O)C(O)C2O)C(O)C(O)C(OC(=O)CCCCCCCCCCCCCCCCC)C1OC1OC(COC(=O)CCCCCCCCCCCCCCCCCC)C(O)C(O)C1O)OC(=O)CCCCCCCCCCCCCCC. The summed E-state index contributed by atoms with van der Waals surface area (Å²) in [6, 6.07) is 0. The third kappa shape index (κ3) is 52.4. The van der Waals surface area contributed by atoms with Gasteiger partial charge in [0.2, 0.25) is 0 Å². The molecule has 26 heteroatoms. The molecule has 18 unspecified atom stereocenters. The molecular weight excluding hydrogens is 1550 g/mol. The molecule has 1 aliphatic carbocycles. The predicted molar refractivity (Wildman–Crippen MR) is 463 cm³/mol. The highest BCUT2D eigenvalue weighted by Gasteiger charge is 2.60. The summed E-state index contributed by atoms with van der Waals surface area (Å²) in [4.78, 5) is 66.5. The van der Waals surface area contributed by atoms with Gasteiger partial charge in [-0.2, -0.15) is 0 Å². The van der Waals surface area contributed by atoms with Crippen LogP contribution < -0.4 is 0 Å². The molecule has 119 heavy (non-hydrogen) atoms. The summed E-state index contributed by atoms with van der Waals surface area (Å²) in [6.45, 7) is 5.66. The number of unbranched alkanes of at least 4 members (excludes halogenated alkanes) is 56. The van der Waals surface area contributed by atoms with E-state index in [1.807, 2.05) is 0 Å². The van der Waals surface area contributed by atoms with Crippen LogP contribution in [0.15, 0.2) is 0 Å². The van der Waals surface area contributed by atoms with Crippen LogP contribution in [0.5, 0.6) is 0 Å². The molecule has 25 nitrogen and oxygen atoms in total. The number of phosphoric ester groups is 1. The second-order valence-corrected chi connectivity index (χ2v) is 36.4. The molecule has 0 aromatic rings. The average Bonchev–Trinajstić information content (AvgIpc) is 0.751. The number of ether oxygens (including phenoxy) is 8. The second-order valence-electron chi connectivity index (χ2n) is 35.0. The summed E-state index contributed by atoms with van der Waals surface area (Å²) in [6.07, 6.45) is 30.7. The molecule has 3 aliphatic rings. The number of hydrogen-bond acceptors (Lipinski definition) is 24. The van der Waals surface area contributed by atoms with Crippen molar-refractivity contribution in [3.63, 3.8) is 0 Å². The van der Waals surface area contributed by atoms with Crippen LogP contribution in [0.2, 0.25) is 0 Å². The molecule has 3 fully saturated rings. The zero-order chi connectivity index (χ0) is 86.8. The quantitative estimate of drug-likeness (QED) is 0.0117. The standard InChI is InChI=1S/C93H175O25P/c1-5-9-13-17-21-25-29-33-36-39-42-45-49-53-57-61-65-76(95)109-70-73(112-78(97)67-63-59-55-51-47-41-32-28-24-20-16-12-8-4)71-111-119(107,108)118-91-89(116-92-86(105)82(101)80(99)74(69-94)113-92)85(104)84(103)88(115-79(98)68-64-60-56-52-48-44-38-35-31-27-23-19-15-11-7-3)90(91)117-93-87(106)83(102)81(100)75(114-93)72-110-77(96)66-62-58-54-50-46-43-40-37-34-30-26-22-18-14-10-6-2/h73-75,80-94,99-106H,5-72H2,1-4H3,(H,107,108). The molecule has 10 N–H and O–H groups in total. The van der Waals surface area contributed by atoms with Gasteiger partial charge in [-0.3, -0.25) is 28.2 Å². The fourth-order valence-electron chi connectivity index (χ4n) is 16.4. The normalized spacial score (nSPS) is 24.8. The molecule has 0 aromatic carbocycles. The van der Waals surface area contributed by atoms with Gasteiger partial charge >= 0.3 is 31.7 Å². The molecule has 2 aliphatic heterocycles. The molecule has 0 radical (unpaired) electrons. The smallest absolute Gasteiger partial charge is 0.463 e. The minimum atomic E-state index is -5.80. The van der Waals surface area contributed by atoms with Crippen LogP contribution >= 0.6 is 7.82 Å². The zero-order valence-electron chi connectivity index (χ0n) is 74.9. The number of phosphoric acid groups is 1. The van der Waals surface area contributed by atoms with Crippen molar-refractivity contribution in [2.45, 2.75) is 543 Å². The molecule has 0 aromatic heterocycles. The van der Waals surface area contributed by atoms with E-state index in [9.17, 15) is 74.6 Å². The van der Waals surface area contributed by atoms with Crippen LogP contribution in [-0.2, 0) is 70.7 Å². The lowest BCUT2D eigenvalue weighted by atomic mass is 9.84. The van der Waals surface area contributed by atoms with Gasteiger partial charge < -0.3 is 88.7 Å². The largest absolute Gasteiger partial charge is 0.472 e. The van der Waals surface area contributed by atoms with Crippen molar-refractivity contribution in [3.8, 4) is 0 Å². The molecule has 0 bridgehead atoms. The number of aliphatic hydroxyl groups is 9. The average molecular weight is 1720 g/mol. The molecule has 2 saturated heterocycles. The number of rotatable bonds is 80. The molecule has 1 saturated carbocycles. The van der Waals surface area contributed by atoms with Gasteiger partial charge in [-0.1, -0.05) is 387 Å². The van der Waals surface area contributed by atoms with Gasteiger partial charge in [0.1, 0.15) is 92.6 Å². The van der Waals surface area contributed by atoms with Crippen molar-refractivity contribution in [1.29, 1.82) is 0 Å².